The van der Waals surface area contributed by atoms with Gasteiger partial charge >= 0.3 is 6.36 Å². The number of methoxy groups -OCH3 is 2. The predicted molar refractivity (Wildman–Crippen MR) is 121 cm³/mol. The molecule has 4 rings (SSSR count). The van der Waals surface area contributed by atoms with Crippen LogP contribution in [0.15, 0.2) is 54.9 Å². The van der Waals surface area contributed by atoms with Crippen LogP contribution in [0.3, 0.4) is 0 Å². The molecular formula is C23H20F3N5O3. The third-order valence-electron chi connectivity index (χ3n) is 4.94. The molecule has 0 spiro atoms. The van der Waals surface area contributed by atoms with Gasteiger partial charge in [0, 0.05) is 17.6 Å². The summed E-state index contributed by atoms with van der Waals surface area (Å²) in [5.74, 6) is 1.12. The van der Waals surface area contributed by atoms with Gasteiger partial charge in [-0.05, 0) is 48.9 Å². The zero-order valence-corrected chi connectivity index (χ0v) is 18.4. The van der Waals surface area contributed by atoms with Crippen molar-refractivity contribution in [2.45, 2.75) is 13.3 Å². The highest BCUT2D eigenvalue weighted by Crippen LogP contribution is 2.41. The summed E-state index contributed by atoms with van der Waals surface area (Å²) in [6.45, 7) is 1.86. The molecule has 2 aromatic carbocycles. The molecule has 0 bridgehead atoms. The van der Waals surface area contributed by atoms with Gasteiger partial charge in [-0.1, -0.05) is 0 Å². The number of halogens is 3. The maximum absolute atomic E-state index is 12.7. The van der Waals surface area contributed by atoms with E-state index in [2.05, 4.69) is 19.7 Å². The maximum atomic E-state index is 12.7. The highest BCUT2D eigenvalue weighted by atomic mass is 19.4. The number of rotatable bonds is 6. The van der Waals surface area contributed by atoms with E-state index >= 15 is 0 Å². The summed E-state index contributed by atoms with van der Waals surface area (Å²) < 4.78 is 53.0. The van der Waals surface area contributed by atoms with Gasteiger partial charge in [0.2, 0.25) is 5.95 Å². The number of fused-ring (bicyclic) bond motifs is 1. The second-order valence-electron chi connectivity index (χ2n) is 7.21. The van der Waals surface area contributed by atoms with Gasteiger partial charge < -0.3 is 19.9 Å². The minimum atomic E-state index is -4.81. The molecule has 8 nitrogen and oxygen atoms in total. The molecule has 0 fully saturated rings. The van der Waals surface area contributed by atoms with Crippen LogP contribution in [0.25, 0.3) is 10.9 Å². The van der Waals surface area contributed by atoms with Crippen LogP contribution in [0.5, 0.6) is 17.2 Å². The molecule has 4 aromatic rings. The zero-order chi connectivity index (χ0) is 24.5. The topological polar surface area (TPSA) is 95.6 Å². The molecule has 0 radical (unpaired) electrons. The van der Waals surface area contributed by atoms with E-state index in [1.807, 2.05) is 6.92 Å². The number of aromatic nitrogens is 3. The molecule has 2 N–H and O–H groups in total. The number of hydrogen-bond donors (Lipinski definition) is 1. The first-order valence-corrected chi connectivity index (χ1v) is 9.95. The molecule has 0 aliphatic carbocycles. The fourth-order valence-corrected chi connectivity index (χ4v) is 3.46. The molecule has 0 unspecified atom stereocenters. The third kappa shape index (κ3) is 4.72. The molecule has 2 aromatic heterocycles. The van der Waals surface area contributed by atoms with Gasteiger partial charge in [-0.25, -0.2) is 4.98 Å². The van der Waals surface area contributed by atoms with Crippen molar-refractivity contribution in [2.24, 2.45) is 0 Å². The van der Waals surface area contributed by atoms with Gasteiger partial charge in [0.1, 0.15) is 11.6 Å². The normalized spacial score (nSPS) is 11.4. The summed E-state index contributed by atoms with van der Waals surface area (Å²) in [6, 6.07) is 10.7. The number of aryl methyl sites for hydroxylation is 1. The SMILES string of the molecule is COc1cc(C)c(N(c2cnc3ccc(OC(F)(F)F)cc3c2)c2nccc(N)n2)cc1OC. The number of nitrogen functional groups attached to an aromatic ring is 1. The summed E-state index contributed by atoms with van der Waals surface area (Å²) >= 11 is 0. The Balaban J connectivity index is 1.91. The molecule has 0 saturated carbocycles. The Labute approximate surface area is 192 Å². The standard InChI is InChI=1S/C23H20F3N5O3/c1-13-8-19(32-2)20(33-3)11-18(13)31(22-28-7-6-21(27)30-22)15-9-14-10-16(34-23(24,25)26)4-5-17(14)29-12-15/h4-12H,1-3H3,(H2,27,28,30). The van der Waals surface area contributed by atoms with Crippen LogP contribution in [0.2, 0.25) is 0 Å². The second kappa shape index (κ2) is 8.93. The number of alkyl halides is 3. The van der Waals surface area contributed by atoms with Crippen LogP contribution in [0.4, 0.5) is 36.3 Å². The number of ether oxygens (including phenoxy) is 3. The van der Waals surface area contributed by atoms with Crippen LogP contribution in [-0.4, -0.2) is 35.5 Å². The van der Waals surface area contributed by atoms with Crippen LogP contribution in [-0.2, 0) is 0 Å². The van der Waals surface area contributed by atoms with E-state index in [4.69, 9.17) is 15.2 Å². The van der Waals surface area contributed by atoms with Crippen molar-refractivity contribution in [3.63, 3.8) is 0 Å². The summed E-state index contributed by atoms with van der Waals surface area (Å²) in [6.07, 6.45) is -1.74. The number of pyridine rings is 1. The predicted octanol–water partition coefficient (Wildman–Crippen LogP) is 5.30. The fraction of sp³-hybridized carbons (Fsp3) is 0.174. The van der Waals surface area contributed by atoms with Crippen molar-refractivity contribution in [3.8, 4) is 17.2 Å². The van der Waals surface area contributed by atoms with Crippen molar-refractivity contribution < 1.29 is 27.4 Å². The summed E-state index contributed by atoms with van der Waals surface area (Å²) in [5.41, 5.74) is 8.29. The lowest BCUT2D eigenvalue weighted by atomic mass is 10.1. The first-order valence-electron chi connectivity index (χ1n) is 9.95. The lowest BCUT2D eigenvalue weighted by Crippen LogP contribution is -2.17. The smallest absolute Gasteiger partial charge is 0.493 e. The van der Waals surface area contributed by atoms with Crippen molar-refractivity contribution in [1.29, 1.82) is 0 Å². The summed E-state index contributed by atoms with van der Waals surface area (Å²) in [7, 11) is 3.04. The zero-order valence-electron chi connectivity index (χ0n) is 18.4. The molecule has 34 heavy (non-hydrogen) atoms. The van der Waals surface area contributed by atoms with Gasteiger partial charge in [0.15, 0.2) is 11.5 Å². The van der Waals surface area contributed by atoms with Crippen molar-refractivity contribution in [2.75, 3.05) is 24.9 Å². The van der Waals surface area contributed by atoms with Crippen LogP contribution >= 0.6 is 0 Å². The quantitative estimate of drug-likeness (QED) is 0.405. The molecule has 0 aliphatic heterocycles. The molecular weight excluding hydrogens is 451 g/mol. The van der Waals surface area contributed by atoms with Crippen LogP contribution in [0.1, 0.15) is 5.56 Å². The van der Waals surface area contributed by atoms with Gasteiger partial charge in [0.25, 0.3) is 0 Å². The van der Waals surface area contributed by atoms with Crippen molar-refractivity contribution in [1.82, 2.24) is 15.0 Å². The van der Waals surface area contributed by atoms with Crippen LogP contribution < -0.4 is 24.8 Å². The number of nitrogens with two attached hydrogens (primary N) is 1. The number of anilines is 4. The Bertz CT molecular complexity index is 1350. The number of benzene rings is 2. The number of hydrogen-bond acceptors (Lipinski definition) is 8. The van der Waals surface area contributed by atoms with Crippen molar-refractivity contribution >= 4 is 34.0 Å². The van der Waals surface area contributed by atoms with E-state index in [1.54, 1.807) is 35.4 Å². The van der Waals surface area contributed by atoms with Crippen molar-refractivity contribution in [3.05, 3.63) is 60.4 Å². The van der Waals surface area contributed by atoms with Crippen LogP contribution in [0, 0.1) is 6.92 Å². The molecule has 0 saturated heterocycles. The largest absolute Gasteiger partial charge is 0.573 e. The second-order valence-corrected chi connectivity index (χ2v) is 7.21. The summed E-state index contributed by atoms with van der Waals surface area (Å²) in [4.78, 5) is 14.7. The lowest BCUT2D eigenvalue weighted by Gasteiger charge is -2.26. The number of nitrogens with zero attached hydrogens (tertiary/aromatic N) is 4. The first-order chi connectivity index (χ1) is 16.2. The van der Waals surface area contributed by atoms with E-state index in [-0.39, 0.29) is 17.5 Å². The minimum absolute atomic E-state index is 0.235. The van der Waals surface area contributed by atoms with Gasteiger partial charge in [-0.2, -0.15) is 4.98 Å². The Morgan fingerprint density at radius 2 is 1.68 bits per heavy atom. The molecule has 176 valence electrons. The minimum Gasteiger partial charge on any atom is -0.493 e. The fourth-order valence-electron chi connectivity index (χ4n) is 3.46. The lowest BCUT2D eigenvalue weighted by molar-refractivity contribution is -0.274. The molecule has 11 heteroatoms. The molecule has 0 aliphatic rings. The first kappa shape index (κ1) is 22.9. The van der Waals surface area contributed by atoms with E-state index < -0.39 is 6.36 Å². The van der Waals surface area contributed by atoms with E-state index in [9.17, 15) is 13.2 Å². The average molecular weight is 471 g/mol. The van der Waals surface area contributed by atoms with Gasteiger partial charge in [-0.3, -0.25) is 9.88 Å². The monoisotopic (exact) mass is 471 g/mol. The Hall–Kier alpha value is -4.28. The summed E-state index contributed by atoms with van der Waals surface area (Å²) in [5, 5.41) is 0.422. The Morgan fingerprint density at radius 3 is 2.35 bits per heavy atom. The highest BCUT2D eigenvalue weighted by Gasteiger charge is 2.31. The van der Waals surface area contributed by atoms with E-state index in [1.165, 1.54) is 38.6 Å². The molecule has 2 heterocycles. The third-order valence-corrected chi connectivity index (χ3v) is 4.94. The van der Waals surface area contributed by atoms with E-state index in [0.29, 0.717) is 33.8 Å². The van der Waals surface area contributed by atoms with Gasteiger partial charge in [0.05, 0.1) is 37.3 Å². The van der Waals surface area contributed by atoms with E-state index in [0.717, 1.165) is 5.56 Å². The maximum Gasteiger partial charge on any atom is 0.573 e. The molecule has 0 amide bonds. The Morgan fingerprint density at radius 1 is 0.941 bits per heavy atom. The highest BCUT2D eigenvalue weighted by molar-refractivity contribution is 5.87. The van der Waals surface area contributed by atoms with Gasteiger partial charge in [-0.15, -0.1) is 13.2 Å². The Kier molecular flexibility index (Phi) is 6.01. The molecule has 0 atom stereocenters. The average Bonchev–Trinajstić information content (AvgIpc) is 2.78.